The fraction of sp³-hybridized carbons (Fsp3) is 0.265. The van der Waals surface area contributed by atoms with Crippen LogP contribution in [0.4, 0.5) is 0 Å². The van der Waals surface area contributed by atoms with Gasteiger partial charge in [0.1, 0.15) is 18.3 Å². The molecule has 7 rings (SSSR count). The van der Waals surface area contributed by atoms with Gasteiger partial charge in [0, 0.05) is 0 Å². The quantitative estimate of drug-likeness (QED) is 0.100. The van der Waals surface area contributed by atoms with Gasteiger partial charge in [-0.05, 0) is 57.3 Å². The standard InChI is InChI=1S/C49H50O5S/c1-2-37-26-28-38(29-27-37)30-43-24-15-25-44(31-43)49(50)48(54-35-42-22-13-6-14-23-42)47(53-34-41-20-11-5-12-21-41)46(52-33-40-18-9-4-10-19-40)45(55-49)36-51-32-39-16-7-3-8-17-39/h3-29,31,45-48,50H,2,30,32-36H2,1H3/t45-,46-,47?,48-,49?/m1/s1. The van der Waals surface area contributed by atoms with Crippen LogP contribution < -0.4 is 0 Å². The van der Waals surface area contributed by atoms with Crippen molar-refractivity contribution in [2.75, 3.05) is 6.61 Å². The Morgan fingerprint density at radius 1 is 0.491 bits per heavy atom. The van der Waals surface area contributed by atoms with Crippen molar-refractivity contribution in [2.24, 2.45) is 0 Å². The molecule has 0 radical (unpaired) electrons. The zero-order valence-corrected chi connectivity index (χ0v) is 32.2. The average Bonchev–Trinajstić information content (AvgIpc) is 3.24. The van der Waals surface area contributed by atoms with E-state index in [9.17, 15) is 5.11 Å². The second-order valence-corrected chi connectivity index (χ2v) is 15.6. The summed E-state index contributed by atoms with van der Waals surface area (Å²) in [6.45, 7) is 3.95. The maximum Gasteiger partial charge on any atom is 0.165 e. The largest absolute Gasteiger partial charge is 0.376 e. The molecule has 5 nitrogen and oxygen atoms in total. The Kier molecular flexibility index (Phi) is 13.6. The molecule has 282 valence electrons. The van der Waals surface area contributed by atoms with E-state index in [-0.39, 0.29) is 5.25 Å². The van der Waals surface area contributed by atoms with Crippen LogP contribution in [0.25, 0.3) is 0 Å². The molecule has 1 saturated heterocycles. The third kappa shape index (κ3) is 10.4. The normalized spacial score (nSPS) is 21.0. The van der Waals surface area contributed by atoms with Crippen molar-refractivity contribution in [1.82, 2.24) is 0 Å². The van der Waals surface area contributed by atoms with Gasteiger partial charge in [-0.25, -0.2) is 0 Å². The molecule has 0 amide bonds. The maximum absolute atomic E-state index is 13.3. The van der Waals surface area contributed by atoms with Crippen molar-refractivity contribution in [2.45, 2.75) is 74.7 Å². The molecular weight excluding hydrogens is 701 g/mol. The molecule has 6 aromatic carbocycles. The minimum atomic E-state index is -1.51. The number of hydrogen-bond donors (Lipinski definition) is 1. The summed E-state index contributed by atoms with van der Waals surface area (Å²) in [7, 11) is 0. The van der Waals surface area contributed by atoms with Crippen molar-refractivity contribution in [3.8, 4) is 0 Å². The molecule has 1 aliphatic heterocycles. The minimum Gasteiger partial charge on any atom is -0.376 e. The van der Waals surface area contributed by atoms with Crippen LogP contribution in [0.2, 0.25) is 0 Å². The second kappa shape index (κ2) is 19.4. The van der Waals surface area contributed by atoms with E-state index in [1.54, 1.807) is 0 Å². The van der Waals surface area contributed by atoms with Gasteiger partial charge < -0.3 is 24.1 Å². The smallest absolute Gasteiger partial charge is 0.165 e. The van der Waals surface area contributed by atoms with Crippen molar-refractivity contribution in [3.05, 3.63) is 214 Å². The molecule has 0 bridgehead atoms. The zero-order chi connectivity index (χ0) is 37.7. The Morgan fingerprint density at radius 3 is 1.51 bits per heavy atom. The zero-order valence-electron chi connectivity index (χ0n) is 31.4. The van der Waals surface area contributed by atoms with Gasteiger partial charge in [0.05, 0.1) is 38.3 Å². The van der Waals surface area contributed by atoms with Crippen molar-refractivity contribution < 1.29 is 24.1 Å². The van der Waals surface area contributed by atoms with Crippen LogP contribution in [-0.2, 0) is 63.1 Å². The van der Waals surface area contributed by atoms with E-state index in [0.717, 1.165) is 46.2 Å². The molecule has 6 aromatic rings. The van der Waals surface area contributed by atoms with Crippen LogP contribution in [-0.4, -0.2) is 35.3 Å². The van der Waals surface area contributed by atoms with Crippen molar-refractivity contribution in [1.29, 1.82) is 0 Å². The van der Waals surface area contributed by atoms with Crippen LogP contribution in [0.1, 0.15) is 51.4 Å². The molecule has 0 saturated carbocycles. The molecule has 55 heavy (non-hydrogen) atoms. The van der Waals surface area contributed by atoms with Crippen LogP contribution in [0, 0.1) is 0 Å². The molecule has 6 heteroatoms. The number of ether oxygens (including phenoxy) is 4. The summed E-state index contributed by atoms with van der Waals surface area (Å²) < 4.78 is 27.2. The fourth-order valence-corrected chi connectivity index (χ4v) is 8.71. The molecule has 1 aliphatic rings. The van der Waals surface area contributed by atoms with Gasteiger partial charge in [0.2, 0.25) is 0 Å². The lowest BCUT2D eigenvalue weighted by molar-refractivity contribution is -0.199. The van der Waals surface area contributed by atoms with E-state index in [0.29, 0.717) is 33.0 Å². The lowest BCUT2D eigenvalue weighted by atomic mass is 9.91. The van der Waals surface area contributed by atoms with E-state index < -0.39 is 23.2 Å². The Labute approximate surface area is 330 Å². The third-order valence-corrected chi connectivity index (χ3v) is 11.7. The molecule has 0 aromatic heterocycles. The monoisotopic (exact) mass is 750 g/mol. The van der Waals surface area contributed by atoms with Crippen molar-refractivity contribution >= 4 is 11.8 Å². The summed E-state index contributed by atoms with van der Waals surface area (Å²) in [4.78, 5) is -1.51. The topological polar surface area (TPSA) is 57.2 Å². The summed E-state index contributed by atoms with van der Waals surface area (Å²) in [5.74, 6) is 0. The highest BCUT2D eigenvalue weighted by Gasteiger charge is 2.56. The van der Waals surface area contributed by atoms with Gasteiger partial charge in [0.15, 0.2) is 4.93 Å². The van der Waals surface area contributed by atoms with Gasteiger partial charge in [-0.2, -0.15) is 0 Å². The van der Waals surface area contributed by atoms with Crippen LogP contribution in [0.5, 0.6) is 0 Å². The Hall–Kier alpha value is -4.53. The Morgan fingerprint density at radius 2 is 0.964 bits per heavy atom. The number of benzene rings is 6. The molecule has 0 aliphatic carbocycles. The molecule has 5 atom stereocenters. The molecular formula is C49H50O5S. The highest BCUT2D eigenvalue weighted by Crippen LogP contribution is 2.50. The highest BCUT2D eigenvalue weighted by molar-refractivity contribution is 8.00. The number of rotatable bonds is 17. The lowest BCUT2D eigenvalue weighted by Crippen LogP contribution is -2.61. The summed E-state index contributed by atoms with van der Waals surface area (Å²) in [6, 6.07) is 57.7. The first-order chi connectivity index (χ1) is 27.1. The summed E-state index contributed by atoms with van der Waals surface area (Å²) in [5.41, 5.74) is 8.59. The lowest BCUT2D eigenvalue weighted by Gasteiger charge is -2.50. The van der Waals surface area contributed by atoms with Gasteiger partial charge >= 0.3 is 0 Å². The number of hydrogen-bond acceptors (Lipinski definition) is 6. The molecule has 1 fully saturated rings. The first kappa shape index (κ1) is 38.7. The van der Waals surface area contributed by atoms with E-state index in [1.165, 1.54) is 22.9 Å². The summed E-state index contributed by atoms with van der Waals surface area (Å²) in [5, 5.41) is 13.0. The van der Waals surface area contributed by atoms with Crippen molar-refractivity contribution in [3.63, 3.8) is 0 Å². The number of aryl methyl sites for hydroxylation is 1. The van der Waals surface area contributed by atoms with Crippen LogP contribution in [0.15, 0.2) is 170 Å². The Balaban J connectivity index is 1.27. The predicted molar refractivity (Wildman–Crippen MR) is 221 cm³/mol. The van der Waals surface area contributed by atoms with Crippen LogP contribution >= 0.6 is 11.8 Å². The first-order valence-electron chi connectivity index (χ1n) is 19.2. The fourth-order valence-electron chi connectivity index (χ4n) is 7.12. The van der Waals surface area contributed by atoms with Gasteiger partial charge in [-0.1, -0.05) is 177 Å². The van der Waals surface area contributed by atoms with Gasteiger partial charge in [-0.3, -0.25) is 0 Å². The molecule has 1 N–H and O–H groups in total. The van der Waals surface area contributed by atoms with E-state index in [2.05, 4.69) is 79.7 Å². The molecule has 2 unspecified atom stereocenters. The minimum absolute atomic E-state index is 0.295. The molecule has 1 heterocycles. The van der Waals surface area contributed by atoms with Gasteiger partial charge in [0.25, 0.3) is 0 Å². The van der Waals surface area contributed by atoms with E-state index in [4.69, 9.17) is 18.9 Å². The SMILES string of the molecule is CCc1ccc(Cc2cccc(C3(O)S[C@H](COCc4ccccc4)[C@@H](OCc4ccccc4)C(OCc4ccccc4)[C@H]3OCc3ccccc3)c2)cc1. The van der Waals surface area contributed by atoms with E-state index in [1.807, 2.05) is 97.1 Å². The predicted octanol–water partition coefficient (Wildman–Crippen LogP) is 10.1. The maximum atomic E-state index is 13.3. The second-order valence-electron chi connectivity index (χ2n) is 14.1. The van der Waals surface area contributed by atoms with Gasteiger partial charge in [-0.15, -0.1) is 11.8 Å². The Bertz CT molecular complexity index is 2010. The molecule has 0 spiro atoms. The third-order valence-electron chi connectivity index (χ3n) is 10.1. The number of aliphatic hydroxyl groups is 1. The highest BCUT2D eigenvalue weighted by atomic mass is 32.2. The average molecular weight is 751 g/mol. The summed E-state index contributed by atoms with van der Waals surface area (Å²) >= 11 is 1.45. The van der Waals surface area contributed by atoms with E-state index >= 15 is 0 Å². The van der Waals surface area contributed by atoms with Crippen LogP contribution in [0.3, 0.4) is 0 Å². The summed E-state index contributed by atoms with van der Waals surface area (Å²) in [6.07, 6.45) is -0.189. The number of thioether (sulfide) groups is 1. The first-order valence-corrected chi connectivity index (χ1v) is 20.1.